The van der Waals surface area contributed by atoms with E-state index in [0.29, 0.717) is 0 Å². The van der Waals surface area contributed by atoms with Gasteiger partial charge >= 0.3 is 0 Å². The van der Waals surface area contributed by atoms with Gasteiger partial charge in [-0.2, -0.15) is 0 Å². The van der Waals surface area contributed by atoms with Gasteiger partial charge < -0.3 is 10.2 Å². The molecule has 1 aromatic carbocycles. The molecule has 1 heterocycles. The highest BCUT2D eigenvalue weighted by atomic mass is 127. The summed E-state index contributed by atoms with van der Waals surface area (Å²) in [6.07, 6.45) is 5.07. The van der Waals surface area contributed by atoms with E-state index < -0.39 is 0 Å². The molecule has 0 radical (unpaired) electrons. The number of halogens is 1. The van der Waals surface area contributed by atoms with Gasteiger partial charge in [-0.15, -0.1) is 0 Å². The van der Waals surface area contributed by atoms with Gasteiger partial charge in [0, 0.05) is 10.1 Å². The molecule has 3 nitrogen and oxygen atoms in total. The first-order valence-electron chi connectivity index (χ1n) is 7.02. The summed E-state index contributed by atoms with van der Waals surface area (Å²) in [4.78, 5) is 14.5. The zero-order chi connectivity index (χ0) is 13.5. The van der Waals surface area contributed by atoms with Crippen molar-refractivity contribution >= 4 is 28.5 Å². The van der Waals surface area contributed by atoms with E-state index in [4.69, 9.17) is 0 Å². The molecule has 19 heavy (non-hydrogen) atoms. The Labute approximate surface area is 128 Å². The average molecular weight is 372 g/mol. The van der Waals surface area contributed by atoms with Crippen LogP contribution in [0.3, 0.4) is 0 Å². The number of hydrogen-bond donors (Lipinski definition) is 1. The normalized spacial score (nSPS) is 16.3. The van der Waals surface area contributed by atoms with Crippen LogP contribution in [0.2, 0.25) is 0 Å². The number of amides is 1. The second-order valence-corrected chi connectivity index (χ2v) is 6.15. The molecule has 104 valence electrons. The summed E-state index contributed by atoms with van der Waals surface area (Å²) in [7, 11) is 0. The fourth-order valence-electron chi connectivity index (χ4n) is 2.43. The number of rotatable bonds is 5. The van der Waals surface area contributed by atoms with E-state index in [9.17, 15) is 4.79 Å². The smallest absolute Gasteiger partial charge is 0.252 e. The van der Waals surface area contributed by atoms with Crippen molar-refractivity contribution in [1.82, 2.24) is 10.2 Å². The molecule has 0 atom stereocenters. The zero-order valence-electron chi connectivity index (χ0n) is 11.2. The Morgan fingerprint density at radius 2 is 1.95 bits per heavy atom. The number of likely N-dealkylation sites (tertiary alicyclic amines) is 1. The van der Waals surface area contributed by atoms with Gasteiger partial charge in [-0.3, -0.25) is 4.79 Å². The van der Waals surface area contributed by atoms with Gasteiger partial charge in [0.15, 0.2) is 0 Å². The molecule has 1 N–H and O–H groups in total. The molecule has 2 rings (SSSR count). The number of piperidine rings is 1. The van der Waals surface area contributed by atoms with E-state index in [1.54, 1.807) is 0 Å². The first-order valence-corrected chi connectivity index (χ1v) is 8.10. The molecule has 0 unspecified atom stereocenters. The number of nitrogens with zero attached hydrogens (tertiary/aromatic N) is 1. The van der Waals surface area contributed by atoms with Gasteiger partial charge in [-0.25, -0.2) is 0 Å². The van der Waals surface area contributed by atoms with Crippen molar-refractivity contribution in [3.8, 4) is 0 Å². The second kappa shape index (κ2) is 7.85. The summed E-state index contributed by atoms with van der Waals surface area (Å²) >= 11 is 2.20. The van der Waals surface area contributed by atoms with Crippen molar-refractivity contribution in [2.75, 3.05) is 26.2 Å². The Morgan fingerprint density at radius 3 is 2.68 bits per heavy atom. The maximum atomic E-state index is 12.0. The largest absolute Gasteiger partial charge is 0.352 e. The summed E-state index contributed by atoms with van der Waals surface area (Å²) in [5.41, 5.74) is 0.779. The Bertz CT molecular complexity index is 416. The molecule has 1 saturated heterocycles. The minimum atomic E-state index is 0.0450. The number of hydrogen-bond acceptors (Lipinski definition) is 2. The Balaban J connectivity index is 1.68. The van der Waals surface area contributed by atoms with E-state index in [2.05, 4.69) is 32.8 Å². The molecule has 1 fully saturated rings. The predicted octanol–water partition coefficient (Wildman–Crippen LogP) is 2.90. The molecular formula is C15H21IN2O. The van der Waals surface area contributed by atoms with Crippen LogP contribution in [-0.2, 0) is 0 Å². The lowest BCUT2D eigenvalue weighted by Crippen LogP contribution is -2.33. The van der Waals surface area contributed by atoms with Crippen molar-refractivity contribution in [3.63, 3.8) is 0 Å². The highest BCUT2D eigenvalue weighted by molar-refractivity contribution is 14.1. The lowest BCUT2D eigenvalue weighted by atomic mass is 10.1. The number of benzene rings is 1. The third-order valence-electron chi connectivity index (χ3n) is 3.50. The molecule has 0 spiro atoms. The number of carbonyl (C=O) groups excluding carboxylic acids is 1. The molecule has 0 aliphatic carbocycles. The first kappa shape index (κ1) is 14.8. The Hall–Kier alpha value is -0.620. The molecule has 0 aromatic heterocycles. The summed E-state index contributed by atoms with van der Waals surface area (Å²) in [5, 5.41) is 3.01. The second-order valence-electron chi connectivity index (χ2n) is 4.99. The van der Waals surface area contributed by atoms with E-state index >= 15 is 0 Å². The average Bonchev–Trinajstić information content (AvgIpc) is 2.45. The third-order valence-corrected chi connectivity index (χ3v) is 4.44. The molecule has 1 aliphatic rings. The summed E-state index contributed by atoms with van der Waals surface area (Å²) in [6.45, 7) is 4.32. The van der Waals surface area contributed by atoms with Gasteiger partial charge in [0.1, 0.15) is 0 Å². The molecule has 0 bridgehead atoms. The van der Waals surface area contributed by atoms with Crippen molar-refractivity contribution in [1.29, 1.82) is 0 Å². The summed E-state index contributed by atoms with van der Waals surface area (Å²) in [6, 6.07) is 7.70. The lowest BCUT2D eigenvalue weighted by Gasteiger charge is -2.26. The van der Waals surface area contributed by atoms with Crippen molar-refractivity contribution < 1.29 is 4.79 Å². The molecule has 1 amide bonds. The monoisotopic (exact) mass is 372 g/mol. The SMILES string of the molecule is O=C(NCCCN1CCCCC1)c1ccccc1I. The topological polar surface area (TPSA) is 32.3 Å². The van der Waals surface area contributed by atoms with Crippen LogP contribution in [0.25, 0.3) is 0 Å². The van der Waals surface area contributed by atoms with Crippen LogP contribution in [0.4, 0.5) is 0 Å². The number of carbonyl (C=O) groups is 1. The van der Waals surface area contributed by atoms with Crippen molar-refractivity contribution in [3.05, 3.63) is 33.4 Å². The Morgan fingerprint density at radius 1 is 1.21 bits per heavy atom. The first-order chi connectivity index (χ1) is 9.27. The van der Waals surface area contributed by atoms with E-state index in [0.717, 1.165) is 28.6 Å². The van der Waals surface area contributed by atoms with Gasteiger partial charge in [-0.1, -0.05) is 18.6 Å². The third kappa shape index (κ3) is 4.76. The van der Waals surface area contributed by atoms with Crippen molar-refractivity contribution in [2.45, 2.75) is 25.7 Å². The van der Waals surface area contributed by atoms with Crippen LogP contribution < -0.4 is 5.32 Å². The molecule has 4 heteroatoms. The minimum Gasteiger partial charge on any atom is -0.352 e. The fourth-order valence-corrected chi connectivity index (χ4v) is 3.06. The van der Waals surface area contributed by atoms with E-state index in [1.165, 1.54) is 32.4 Å². The number of nitrogens with one attached hydrogen (secondary N) is 1. The summed E-state index contributed by atoms with van der Waals surface area (Å²) < 4.78 is 1.01. The van der Waals surface area contributed by atoms with Crippen LogP contribution in [-0.4, -0.2) is 37.0 Å². The highest BCUT2D eigenvalue weighted by Crippen LogP contribution is 2.11. The van der Waals surface area contributed by atoms with Crippen LogP contribution in [0.1, 0.15) is 36.0 Å². The van der Waals surface area contributed by atoms with Gasteiger partial charge in [0.2, 0.25) is 0 Å². The maximum Gasteiger partial charge on any atom is 0.252 e. The van der Waals surface area contributed by atoms with E-state index in [-0.39, 0.29) is 5.91 Å². The Kier molecular flexibility index (Phi) is 6.10. The van der Waals surface area contributed by atoms with Gasteiger partial charge in [-0.05, 0) is 73.6 Å². The molecule has 1 aromatic rings. The molecule has 0 saturated carbocycles. The quantitative estimate of drug-likeness (QED) is 0.637. The lowest BCUT2D eigenvalue weighted by molar-refractivity contribution is 0.0950. The standard InChI is InChI=1S/C15H21IN2O/c16-14-8-3-2-7-13(14)15(19)17-9-6-12-18-10-4-1-5-11-18/h2-3,7-8H,1,4-6,9-12H2,(H,17,19). The molecular weight excluding hydrogens is 351 g/mol. The van der Waals surface area contributed by atoms with Gasteiger partial charge in [0.25, 0.3) is 5.91 Å². The highest BCUT2D eigenvalue weighted by Gasteiger charge is 2.10. The van der Waals surface area contributed by atoms with E-state index in [1.807, 2.05) is 24.3 Å². The van der Waals surface area contributed by atoms with Crippen LogP contribution >= 0.6 is 22.6 Å². The fraction of sp³-hybridized carbons (Fsp3) is 0.533. The maximum absolute atomic E-state index is 12.0. The zero-order valence-corrected chi connectivity index (χ0v) is 13.4. The minimum absolute atomic E-state index is 0.0450. The molecule has 1 aliphatic heterocycles. The predicted molar refractivity (Wildman–Crippen MR) is 86.4 cm³/mol. The summed E-state index contributed by atoms with van der Waals surface area (Å²) in [5.74, 6) is 0.0450. The van der Waals surface area contributed by atoms with Crippen LogP contribution in [0.15, 0.2) is 24.3 Å². The van der Waals surface area contributed by atoms with Crippen LogP contribution in [0, 0.1) is 3.57 Å². The van der Waals surface area contributed by atoms with Crippen LogP contribution in [0.5, 0.6) is 0 Å². The van der Waals surface area contributed by atoms with Gasteiger partial charge in [0.05, 0.1) is 5.56 Å². The van der Waals surface area contributed by atoms with Crippen molar-refractivity contribution in [2.24, 2.45) is 0 Å².